The van der Waals surface area contributed by atoms with Crippen molar-refractivity contribution in [3.63, 3.8) is 0 Å². The topological polar surface area (TPSA) is 52.7 Å². The zero-order valence-electron chi connectivity index (χ0n) is 14.9. The average Bonchev–Trinajstić information content (AvgIpc) is 3.15. The van der Waals surface area contributed by atoms with E-state index in [1.165, 1.54) is 11.3 Å². The molecule has 1 saturated heterocycles. The number of carbonyl (C=O) groups excluding carboxylic acids is 2. The van der Waals surface area contributed by atoms with Crippen LogP contribution in [0.3, 0.4) is 0 Å². The van der Waals surface area contributed by atoms with Crippen LogP contribution in [0.2, 0.25) is 5.02 Å². The molecule has 0 radical (unpaired) electrons. The largest absolute Gasteiger partial charge is 0.376 e. The number of piperidine rings is 1. The molecule has 1 aromatic carbocycles. The SMILES string of the molecule is CN(C)c1ccc(Cl)cc1NC(=O)[C@@H]1CCCN(C(=O)c2cccs2)C1. The average molecular weight is 392 g/mol. The van der Waals surface area contributed by atoms with Crippen molar-refractivity contribution in [2.75, 3.05) is 37.4 Å². The molecule has 1 aliphatic heterocycles. The number of carbonyl (C=O) groups is 2. The molecule has 26 heavy (non-hydrogen) atoms. The van der Waals surface area contributed by atoms with Crippen LogP contribution in [0.25, 0.3) is 0 Å². The van der Waals surface area contributed by atoms with Gasteiger partial charge in [-0.1, -0.05) is 17.7 Å². The fourth-order valence-electron chi connectivity index (χ4n) is 3.16. The Morgan fingerprint density at radius 1 is 1.31 bits per heavy atom. The van der Waals surface area contributed by atoms with Gasteiger partial charge in [0.25, 0.3) is 5.91 Å². The first-order valence-electron chi connectivity index (χ1n) is 8.56. The molecule has 3 rings (SSSR count). The predicted octanol–water partition coefficient (Wildman–Crippen LogP) is 3.96. The fraction of sp³-hybridized carbons (Fsp3) is 0.368. The lowest BCUT2D eigenvalue weighted by molar-refractivity contribution is -0.121. The van der Waals surface area contributed by atoms with Crippen LogP contribution in [-0.2, 0) is 4.79 Å². The Labute approximate surface area is 162 Å². The van der Waals surface area contributed by atoms with Crippen LogP contribution in [0.15, 0.2) is 35.7 Å². The first-order chi connectivity index (χ1) is 12.5. The summed E-state index contributed by atoms with van der Waals surface area (Å²) in [5.41, 5.74) is 1.58. The number of amides is 2. The maximum Gasteiger partial charge on any atom is 0.263 e. The molecule has 2 aromatic rings. The van der Waals surface area contributed by atoms with Crippen molar-refractivity contribution >= 4 is 46.1 Å². The molecule has 1 aliphatic rings. The molecule has 1 N–H and O–H groups in total. The molecular formula is C19H22ClN3O2S. The smallest absolute Gasteiger partial charge is 0.263 e. The maximum absolute atomic E-state index is 12.8. The van der Waals surface area contributed by atoms with Gasteiger partial charge in [-0.25, -0.2) is 0 Å². The van der Waals surface area contributed by atoms with E-state index in [0.717, 1.165) is 23.4 Å². The Morgan fingerprint density at radius 3 is 2.81 bits per heavy atom. The molecule has 7 heteroatoms. The standard InChI is InChI=1S/C19H22ClN3O2S/c1-22(2)16-8-7-14(20)11-15(16)21-18(24)13-5-3-9-23(12-13)19(25)17-6-4-10-26-17/h4,6-8,10-11,13H,3,5,9,12H2,1-2H3,(H,21,24)/t13-/m1/s1. The van der Waals surface area contributed by atoms with Gasteiger partial charge in [-0.05, 0) is 42.5 Å². The van der Waals surface area contributed by atoms with E-state index in [9.17, 15) is 9.59 Å². The zero-order chi connectivity index (χ0) is 18.7. The first kappa shape index (κ1) is 18.7. The van der Waals surface area contributed by atoms with Crippen molar-refractivity contribution in [2.24, 2.45) is 5.92 Å². The van der Waals surface area contributed by atoms with Gasteiger partial charge < -0.3 is 15.1 Å². The van der Waals surface area contributed by atoms with Crippen molar-refractivity contribution in [3.8, 4) is 0 Å². The monoisotopic (exact) mass is 391 g/mol. The van der Waals surface area contributed by atoms with Gasteiger partial charge in [-0.2, -0.15) is 0 Å². The van der Waals surface area contributed by atoms with Gasteiger partial charge in [-0.15, -0.1) is 11.3 Å². The minimum atomic E-state index is -0.221. The summed E-state index contributed by atoms with van der Waals surface area (Å²) in [7, 11) is 3.84. The number of nitrogens with one attached hydrogen (secondary N) is 1. The van der Waals surface area contributed by atoms with Crippen molar-refractivity contribution < 1.29 is 9.59 Å². The van der Waals surface area contributed by atoms with Crippen LogP contribution in [0.4, 0.5) is 11.4 Å². The van der Waals surface area contributed by atoms with Crippen molar-refractivity contribution in [1.29, 1.82) is 0 Å². The van der Waals surface area contributed by atoms with Gasteiger partial charge in [0.15, 0.2) is 0 Å². The Kier molecular flexibility index (Phi) is 5.84. The highest BCUT2D eigenvalue weighted by atomic mass is 35.5. The number of hydrogen-bond acceptors (Lipinski definition) is 4. The molecule has 5 nitrogen and oxygen atoms in total. The number of anilines is 2. The molecular weight excluding hydrogens is 370 g/mol. The summed E-state index contributed by atoms with van der Waals surface area (Å²) in [6.07, 6.45) is 1.60. The van der Waals surface area contributed by atoms with E-state index in [2.05, 4.69) is 5.32 Å². The van der Waals surface area contributed by atoms with Crippen LogP contribution in [-0.4, -0.2) is 43.9 Å². The third kappa shape index (κ3) is 4.19. The van der Waals surface area contributed by atoms with E-state index < -0.39 is 0 Å². The van der Waals surface area contributed by atoms with E-state index in [4.69, 9.17) is 11.6 Å². The minimum absolute atomic E-state index is 0.00855. The Bertz CT molecular complexity index is 792. The molecule has 0 aliphatic carbocycles. The fourth-order valence-corrected chi connectivity index (χ4v) is 4.03. The number of likely N-dealkylation sites (tertiary alicyclic amines) is 1. The number of benzene rings is 1. The highest BCUT2D eigenvalue weighted by molar-refractivity contribution is 7.12. The lowest BCUT2D eigenvalue weighted by Crippen LogP contribution is -2.43. The molecule has 138 valence electrons. The van der Waals surface area contributed by atoms with Crippen LogP contribution >= 0.6 is 22.9 Å². The molecule has 1 fully saturated rings. The van der Waals surface area contributed by atoms with Crippen molar-refractivity contribution in [2.45, 2.75) is 12.8 Å². The number of rotatable bonds is 4. The van der Waals surface area contributed by atoms with Gasteiger partial charge in [0.05, 0.1) is 22.2 Å². The van der Waals surface area contributed by atoms with E-state index in [0.29, 0.717) is 23.8 Å². The van der Waals surface area contributed by atoms with E-state index in [1.807, 2.05) is 42.6 Å². The van der Waals surface area contributed by atoms with Gasteiger partial charge in [0, 0.05) is 32.2 Å². The molecule has 1 atom stereocenters. The van der Waals surface area contributed by atoms with Crippen molar-refractivity contribution in [3.05, 3.63) is 45.6 Å². The summed E-state index contributed by atoms with van der Waals surface area (Å²) < 4.78 is 0. The highest BCUT2D eigenvalue weighted by Gasteiger charge is 2.29. The molecule has 0 spiro atoms. The second-order valence-corrected chi connectivity index (χ2v) is 8.00. The molecule has 2 heterocycles. The van der Waals surface area contributed by atoms with Crippen LogP contribution in [0, 0.1) is 5.92 Å². The van der Waals surface area contributed by atoms with E-state index >= 15 is 0 Å². The third-order valence-electron chi connectivity index (χ3n) is 4.51. The lowest BCUT2D eigenvalue weighted by atomic mass is 9.96. The summed E-state index contributed by atoms with van der Waals surface area (Å²) in [6.45, 7) is 1.14. The highest BCUT2D eigenvalue weighted by Crippen LogP contribution is 2.29. The Hall–Kier alpha value is -2.05. The van der Waals surface area contributed by atoms with Crippen molar-refractivity contribution in [1.82, 2.24) is 4.90 Å². The zero-order valence-corrected chi connectivity index (χ0v) is 16.4. The molecule has 0 unspecified atom stereocenters. The molecule has 0 bridgehead atoms. The summed E-state index contributed by atoms with van der Waals surface area (Å²) in [5.74, 6) is -0.282. The van der Waals surface area contributed by atoms with Crippen LogP contribution in [0.1, 0.15) is 22.5 Å². The van der Waals surface area contributed by atoms with Gasteiger partial charge in [0.1, 0.15) is 0 Å². The first-order valence-corrected chi connectivity index (χ1v) is 9.82. The van der Waals surface area contributed by atoms with Gasteiger partial charge >= 0.3 is 0 Å². The van der Waals surface area contributed by atoms with Gasteiger partial charge in [0.2, 0.25) is 5.91 Å². The summed E-state index contributed by atoms with van der Waals surface area (Å²) in [6, 6.07) is 9.13. The van der Waals surface area contributed by atoms with E-state index in [-0.39, 0.29) is 17.7 Å². The molecule has 1 aromatic heterocycles. The number of hydrogen-bond donors (Lipinski definition) is 1. The predicted molar refractivity (Wildman–Crippen MR) is 107 cm³/mol. The Balaban J connectivity index is 1.70. The van der Waals surface area contributed by atoms with Crippen LogP contribution in [0.5, 0.6) is 0 Å². The summed E-state index contributed by atoms with van der Waals surface area (Å²) in [5, 5.41) is 5.46. The van der Waals surface area contributed by atoms with E-state index in [1.54, 1.807) is 17.0 Å². The molecule has 0 saturated carbocycles. The summed E-state index contributed by atoms with van der Waals surface area (Å²) in [4.78, 5) is 29.8. The maximum atomic E-state index is 12.8. The third-order valence-corrected chi connectivity index (χ3v) is 5.60. The lowest BCUT2D eigenvalue weighted by Gasteiger charge is -2.32. The number of thiophene rings is 1. The molecule has 2 amide bonds. The number of halogens is 1. The second kappa shape index (κ2) is 8.10. The second-order valence-electron chi connectivity index (χ2n) is 6.61. The Morgan fingerprint density at radius 2 is 2.12 bits per heavy atom. The van der Waals surface area contributed by atoms with Gasteiger partial charge in [-0.3, -0.25) is 9.59 Å². The summed E-state index contributed by atoms with van der Waals surface area (Å²) >= 11 is 7.52. The number of nitrogens with zero attached hydrogens (tertiary/aromatic N) is 2. The van der Waals surface area contributed by atoms with Crippen LogP contribution < -0.4 is 10.2 Å². The quantitative estimate of drug-likeness (QED) is 0.858. The minimum Gasteiger partial charge on any atom is -0.376 e. The normalized spacial score (nSPS) is 17.0.